The summed E-state index contributed by atoms with van der Waals surface area (Å²) in [5.41, 5.74) is 36.7. The molecule has 97 heavy (non-hydrogen) atoms. The number of amides is 7. The molecule has 15 unspecified atom stereocenters. The number of aryl methyl sites for hydroxylation is 2. The summed E-state index contributed by atoms with van der Waals surface area (Å²) in [6, 6.07) is 2.65. The summed E-state index contributed by atoms with van der Waals surface area (Å²) in [5, 5.41) is 30.1. The molecule has 0 radical (unpaired) electrons. The molecule has 2 aromatic rings. The van der Waals surface area contributed by atoms with Crippen LogP contribution in [0.15, 0.2) is 67.8 Å². The Bertz CT molecular complexity index is 3570. The summed E-state index contributed by atoms with van der Waals surface area (Å²) < 4.78 is 31.9. The molecular weight excluding hydrogens is 1480 g/mol. The van der Waals surface area contributed by atoms with Crippen LogP contribution in [0.1, 0.15) is 150 Å². The molecule has 7 amide bonds. The van der Waals surface area contributed by atoms with Gasteiger partial charge in [0.15, 0.2) is 6.23 Å². The number of benzene rings is 1. The number of allylic oxidation sites excluding steroid dienone is 6. The first-order chi connectivity index (χ1) is 41.8. The molecule has 15 atom stereocenters. The van der Waals surface area contributed by atoms with Crippen LogP contribution in [0.3, 0.4) is 0 Å². The predicted molar refractivity (Wildman–Crippen MR) is 342 cm³/mol. The second kappa shape index (κ2) is 34.1. The van der Waals surface area contributed by atoms with Crippen molar-refractivity contribution in [2.75, 3.05) is 13.2 Å². The van der Waals surface area contributed by atoms with E-state index < -0.39 is 143 Å². The number of primary amides is 6. The zero-order chi connectivity index (χ0) is 66.7. The fraction of sp³-hybridized carbons (Fsp3) is 0.619. The van der Waals surface area contributed by atoms with Crippen LogP contribution in [-0.2, 0) is 89.1 Å². The zero-order valence-electron chi connectivity index (χ0n) is 56.4. The first-order valence-corrected chi connectivity index (χ1v) is 32.0. The summed E-state index contributed by atoms with van der Waals surface area (Å²) >= 11 is 0. The van der Waals surface area contributed by atoms with Crippen LogP contribution in [0, 0.1) is 66.6 Å². The number of carbonyl (C=O) groups is 7. The first kappa shape index (κ1) is 90.0. The molecule has 2 fully saturated rings. The summed E-state index contributed by atoms with van der Waals surface area (Å²) in [6.07, 6.45) is -4.79. The van der Waals surface area contributed by atoms with Crippen molar-refractivity contribution < 1.29 is 147 Å². The van der Waals surface area contributed by atoms with Gasteiger partial charge in [0, 0.05) is 108 Å². The number of nitrogens with one attached hydrogen (secondary N) is 1. The van der Waals surface area contributed by atoms with Crippen LogP contribution in [0.2, 0.25) is 0 Å². The van der Waals surface area contributed by atoms with E-state index in [0.717, 1.165) is 11.1 Å². The van der Waals surface area contributed by atoms with E-state index in [2.05, 4.69) is 10.3 Å². The van der Waals surface area contributed by atoms with Gasteiger partial charge >= 0.3 is 37.2 Å². The van der Waals surface area contributed by atoms with E-state index in [1.165, 1.54) is 17.8 Å². The van der Waals surface area contributed by atoms with E-state index in [-0.39, 0.29) is 164 Å². The Labute approximate surface area is 608 Å². The van der Waals surface area contributed by atoms with Crippen molar-refractivity contribution in [2.24, 2.45) is 94.7 Å². The Balaban J connectivity index is 0.00000672. The van der Waals surface area contributed by atoms with Crippen molar-refractivity contribution in [1.29, 1.82) is 0 Å². The number of imidazole rings is 1. The van der Waals surface area contributed by atoms with Crippen molar-refractivity contribution in [2.45, 2.75) is 189 Å². The van der Waals surface area contributed by atoms with Crippen LogP contribution < -0.4 is 81.8 Å². The molecule has 0 spiro atoms. The Morgan fingerprint density at radius 1 is 0.784 bits per heavy atom. The molecule has 0 saturated carbocycles. The Hall–Kier alpha value is -5.00. The third kappa shape index (κ3) is 17.7. The molecule has 17 N–H and O–H groups in total. The SMILES string of the molecule is CC1=C2N=C(C=C3N=C(C(C)=C4[N-]C(C(CC(N)=O)C4(C)CCC(=O)NCC(C)OP(=O)([O-])OC4C(CO)OC(n5cnc6cc(C)c(C)cc65)C4O)C4(C)N=C1C(CCC(N)=O)C4(C)CC(N)=O)C(CCC(N)=O)C3(C)C)C(CCC(N)=O)C2(C)CC(N)=O.O.[CH3-].[Cl-].[Cl-].[Cl-].[Co+3].[Pd+2]. The molecule has 28 nitrogen and oxygen atoms in total. The van der Waals surface area contributed by atoms with E-state index in [1.54, 1.807) is 6.92 Å². The summed E-state index contributed by atoms with van der Waals surface area (Å²) in [5.74, 6) is -7.40. The average Bonchev–Trinajstić information content (AvgIpc) is 1.53. The van der Waals surface area contributed by atoms with Crippen molar-refractivity contribution in [3.63, 3.8) is 0 Å². The second-order valence-electron chi connectivity index (χ2n) is 27.0. The maximum atomic E-state index is 14.4. The molecule has 0 aliphatic carbocycles. The molecule has 8 bridgehead atoms. The van der Waals surface area contributed by atoms with E-state index >= 15 is 0 Å². The van der Waals surface area contributed by atoms with Gasteiger partial charge in [-0.05, 0) is 119 Å². The summed E-state index contributed by atoms with van der Waals surface area (Å²) in [7, 11) is -5.32. The van der Waals surface area contributed by atoms with Crippen molar-refractivity contribution in [1.82, 2.24) is 14.9 Å². The number of aromatic nitrogens is 2. The summed E-state index contributed by atoms with van der Waals surface area (Å²) in [6.45, 7) is 19.0. The maximum absolute atomic E-state index is 14.4. The van der Waals surface area contributed by atoms with Crippen LogP contribution in [0.5, 0.6) is 0 Å². The van der Waals surface area contributed by atoms with Crippen LogP contribution in [-0.4, -0.2) is 133 Å². The Kier molecular flexibility index (Phi) is 31.7. The number of nitrogens with zero attached hydrogens (tertiary/aromatic N) is 6. The fourth-order valence-electron chi connectivity index (χ4n) is 15.3. The smallest absolute Gasteiger partial charge is 1.00 e. The molecule has 8 rings (SSSR count). The number of aliphatic hydroxyl groups is 2. The second-order valence-corrected chi connectivity index (χ2v) is 28.3. The molecule has 1 aromatic heterocycles. The molecule has 6 aliphatic rings. The van der Waals surface area contributed by atoms with Gasteiger partial charge in [0.1, 0.15) is 18.3 Å². The van der Waals surface area contributed by atoms with Crippen molar-refractivity contribution >= 4 is 77.3 Å². The van der Waals surface area contributed by atoms with Gasteiger partial charge in [0.25, 0.3) is 7.82 Å². The molecule has 546 valence electrons. The minimum absolute atomic E-state index is 0. The number of hydrogen-bond acceptors (Lipinski definition) is 18. The third-order valence-corrected chi connectivity index (χ3v) is 21.6. The van der Waals surface area contributed by atoms with Gasteiger partial charge in [-0.1, -0.05) is 40.7 Å². The van der Waals surface area contributed by atoms with Gasteiger partial charge in [-0.3, -0.25) is 53.1 Å². The molecule has 6 aliphatic heterocycles. The fourth-order valence-corrected chi connectivity index (χ4v) is 16.4. The van der Waals surface area contributed by atoms with Crippen molar-refractivity contribution in [3.8, 4) is 0 Å². The summed E-state index contributed by atoms with van der Waals surface area (Å²) in [4.78, 5) is 128. The van der Waals surface area contributed by atoms with Gasteiger partial charge in [0.2, 0.25) is 41.4 Å². The molecule has 7 heterocycles. The number of fused-ring (bicyclic) bond motifs is 7. The van der Waals surface area contributed by atoms with Gasteiger partial charge in [-0.25, -0.2) is 4.98 Å². The Morgan fingerprint density at radius 3 is 1.89 bits per heavy atom. The van der Waals surface area contributed by atoms with Gasteiger partial charge in [-0.15, -0.1) is 0 Å². The first-order valence-electron chi connectivity index (χ1n) is 30.5. The number of rotatable bonds is 26. The number of nitrogens with two attached hydrogens (primary N) is 6. The number of carbonyl (C=O) groups excluding carboxylic acids is 7. The zero-order valence-corrected chi connectivity index (χ0v) is 62.2. The minimum atomic E-state index is -5.32. The number of phosphoric ester groups is 1. The number of aliphatic hydroxyl groups excluding tert-OH is 2. The third-order valence-electron chi connectivity index (χ3n) is 20.5. The van der Waals surface area contributed by atoms with Crippen LogP contribution >= 0.6 is 7.82 Å². The number of ether oxygens (including phenoxy) is 1. The van der Waals surface area contributed by atoms with Gasteiger partial charge < -0.3 is 129 Å². The molecule has 34 heteroatoms. The average molecular weight is 1580 g/mol. The van der Waals surface area contributed by atoms with Crippen LogP contribution in [0.4, 0.5) is 0 Å². The normalized spacial score (nSPS) is 29.7. The predicted octanol–water partition coefficient (Wildman–Crippen LogP) is -6.05. The molecular formula is C63H93Cl3CoN13O15PPd-. The van der Waals surface area contributed by atoms with Gasteiger partial charge in [-0.2, -0.15) is 5.70 Å². The topological polar surface area (TPSA) is 496 Å². The number of halogens is 3. The monoisotopic (exact) mass is 1570 g/mol. The number of phosphoric acid groups is 1. The van der Waals surface area contributed by atoms with Crippen LogP contribution in [0.25, 0.3) is 16.4 Å². The van der Waals surface area contributed by atoms with E-state index in [9.17, 15) is 53.2 Å². The van der Waals surface area contributed by atoms with Crippen molar-refractivity contribution in [3.05, 3.63) is 76.6 Å². The maximum Gasteiger partial charge on any atom is 3.00 e. The molecule has 2 saturated heterocycles. The van der Waals surface area contributed by atoms with E-state index in [4.69, 9.17) is 68.5 Å². The minimum Gasteiger partial charge on any atom is -1.00 e. The number of hydrogen-bond donors (Lipinski definition) is 9. The largest absolute Gasteiger partial charge is 3.00 e. The Morgan fingerprint density at radius 2 is 1.34 bits per heavy atom. The quantitative estimate of drug-likeness (QED) is 0.0241. The van der Waals surface area contributed by atoms with Gasteiger partial charge in [0.05, 0.1) is 41.3 Å². The van der Waals surface area contributed by atoms with E-state index in [1.807, 2.05) is 80.5 Å². The van der Waals surface area contributed by atoms with E-state index in [0.29, 0.717) is 56.4 Å². The standard InChI is InChI=1S/C62H90N13O14P.CH3.3ClH.Co.H2O.Pd/c1-29-20-39-40(21-30(29)2)75(28-70-39)57-52(84)53(41(27-76)87-57)89-90(85,86)88-31(3)26-69-49(83)18-19-59(8)37(22-46(66)80)56-62(11)61(10,25-48(68)82)36(14-17-45(65)79)51(74-62)33(5)55-60(9,24-47(67)81)34(12-15-43(63)77)38(71-55)23-42-58(6,7)35(13-16-44(64)78)50(72-42)32(4)54(59)73-56;;;;;;;/h20-21,23,28,31,34-37,41,52-53,56-57,76,84H,12-19,22,24-27H2,1-11H3,(H15,63,64,65,66,67,68,69,71,72,73,74,77,78,79,80,81,82,83,85,86);1H3;3*1H;;1H2;/q;-1;;;;+3;;+2/p-5. The molecule has 1 aromatic carbocycles. The number of aliphatic imine (C=N–C) groups is 3.